The number of nitrogens with zero attached hydrogens (tertiary/aromatic N) is 1. The summed E-state index contributed by atoms with van der Waals surface area (Å²) in [6.07, 6.45) is 9.46. The van der Waals surface area contributed by atoms with Crippen LogP contribution in [-0.2, 0) is 4.74 Å². The summed E-state index contributed by atoms with van der Waals surface area (Å²) in [7, 11) is 0. The highest BCUT2D eigenvalue weighted by atomic mass is 16.5. The molecular formula is C16H27NO. The minimum Gasteiger partial charge on any atom is -0.372 e. The van der Waals surface area contributed by atoms with Gasteiger partial charge in [-0.15, -0.1) is 0 Å². The van der Waals surface area contributed by atoms with Crippen LogP contribution in [0, 0.1) is 22.7 Å². The number of ether oxygens (including phenoxy) is 1. The molecule has 0 radical (unpaired) electrons. The second-order valence-electron chi connectivity index (χ2n) is 6.99. The van der Waals surface area contributed by atoms with Crippen molar-refractivity contribution >= 4 is 0 Å². The molecule has 0 spiro atoms. The number of hydrogen-bond donors (Lipinski definition) is 0. The van der Waals surface area contributed by atoms with Crippen LogP contribution in [0.5, 0.6) is 0 Å². The zero-order valence-electron chi connectivity index (χ0n) is 12.2. The van der Waals surface area contributed by atoms with Gasteiger partial charge in [-0.25, -0.2) is 0 Å². The molecule has 1 heterocycles. The van der Waals surface area contributed by atoms with Crippen LogP contribution in [0.15, 0.2) is 0 Å². The SMILES string of the molecule is CCC1CCC(C#N)(CC2CCC(C)(C)O2)CC1. The summed E-state index contributed by atoms with van der Waals surface area (Å²) in [6, 6.07) is 2.64. The van der Waals surface area contributed by atoms with Crippen molar-refractivity contribution in [2.45, 2.75) is 83.8 Å². The molecule has 1 aliphatic carbocycles. The van der Waals surface area contributed by atoms with Crippen LogP contribution in [-0.4, -0.2) is 11.7 Å². The quantitative estimate of drug-likeness (QED) is 0.740. The molecule has 0 amide bonds. The molecule has 0 aromatic carbocycles. The van der Waals surface area contributed by atoms with E-state index in [1.165, 1.54) is 19.3 Å². The molecule has 0 aromatic rings. The zero-order chi connectivity index (χ0) is 13.2. The summed E-state index contributed by atoms with van der Waals surface area (Å²) in [6.45, 7) is 6.60. The fraction of sp³-hybridized carbons (Fsp3) is 0.938. The minimum absolute atomic E-state index is 0.0297. The monoisotopic (exact) mass is 249 g/mol. The van der Waals surface area contributed by atoms with Gasteiger partial charge in [-0.3, -0.25) is 0 Å². The first-order valence-electron chi connectivity index (χ1n) is 7.58. The van der Waals surface area contributed by atoms with Crippen LogP contribution in [0.25, 0.3) is 0 Å². The number of nitriles is 1. The summed E-state index contributed by atoms with van der Waals surface area (Å²) >= 11 is 0. The maximum atomic E-state index is 9.59. The first-order valence-corrected chi connectivity index (χ1v) is 7.58. The van der Waals surface area contributed by atoms with Gasteiger partial charge in [-0.05, 0) is 64.7 Å². The van der Waals surface area contributed by atoms with Crippen molar-refractivity contribution in [3.8, 4) is 6.07 Å². The second-order valence-corrected chi connectivity index (χ2v) is 6.99. The van der Waals surface area contributed by atoms with Crippen molar-refractivity contribution in [1.82, 2.24) is 0 Å². The molecule has 1 atom stereocenters. The lowest BCUT2D eigenvalue weighted by Crippen LogP contribution is -2.31. The standard InChI is InChI=1S/C16H27NO/c1-4-13-5-9-16(12-17,10-6-13)11-14-7-8-15(2,3)18-14/h13-14H,4-11H2,1-3H3. The van der Waals surface area contributed by atoms with Crippen LogP contribution in [0.2, 0.25) is 0 Å². The Hall–Kier alpha value is -0.550. The van der Waals surface area contributed by atoms with Crippen molar-refractivity contribution in [2.24, 2.45) is 11.3 Å². The third-order valence-corrected chi connectivity index (χ3v) is 5.05. The van der Waals surface area contributed by atoms with E-state index >= 15 is 0 Å². The second kappa shape index (κ2) is 5.21. The lowest BCUT2D eigenvalue weighted by atomic mass is 9.68. The Balaban J connectivity index is 1.92. The fourth-order valence-electron chi connectivity index (χ4n) is 3.66. The molecule has 1 unspecified atom stereocenters. The molecule has 2 fully saturated rings. The van der Waals surface area contributed by atoms with Crippen LogP contribution < -0.4 is 0 Å². The molecule has 2 nitrogen and oxygen atoms in total. The molecule has 0 N–H and O–H groups in total. The Kier molecular flexibility index (Phi) is 4.02. The van der Waals surface area contributed by atoms with Crippen molar-refractivity contribution in [2.75, 3.05) is 0 Å². The lowest BCUT2D eigenvalue weighted by Gasteiger charge is -2.36. The third-order valence-electron chi connectivity index (χ3n) is 5.05. The van der Waals surface area contributed by atoms with Gasteiger partial charge in [0.1, 0.15) is 0 Å². The highest BCUT2D eigenvalue weighted by molar-refractivity contribution is 5.03. The summed E-state index contributed by atoms with van der Waals surface area (Å²) in [5.74, 6) is 0.854. The first kappa shape index (κ1) is 13.9. The van der Waals surface area contributed by atoms with E-state index in [4.69, 9.17) is 4.74 Å². The van der Waals surface area contributed by atoms with E-state index in [1.54, 1.807) is 0 Å². The summed E-state index contributed by atoms with van der Waals surface area (Å²) in [4.78, 5) is 0. The maximum absolute atomic E-state index is 9.59. The average Bonchev–Trinajstić information content (AvgIpc) is 2.69. The van der Waals surface area contributed by atoms with Gasteiger partial charge in [0.25, 0.3) is 0 Å². The smallest absolute Gasteiger partial charge is 0.0690 e. The maximum Gasteiger partial charge on any atom is 0.0690 e. The molecule has 1 aliphatic heterocycles. The van der Waals surface area contributed by atoms with Gasteiger partial charge in [-0.1, -0.05) is 13.3 Å². The van der Waals surface area contributed by atoms with Gasteiger partial charge in [0.15, 0.2) is 0 Å². The summed E-state index contributed by atoms with van der Waals surface area (Å²) in [5.41, 5.74) is -0.0569. The van der Waals surface area contributed by atoms with Gasteiger partial charge in [-0.2, -0.15) is 5.26 Å². The molecule has 0 aromatic heterocycles. The van der Waals surface area contributed by atoms with Crippen LogP contribution in [0.4, 0.5) is 0 Å². The van der Waals surface area contributed by atoms with Gasteiger partial charge >= 0.3 is 0 Å². The Morgan fingerprint density at radius 2 is 1.83 bits per heavy atom. The average molecular weight is 249 g/mol. The van der Waals surface area contributed by atoms with Gasteiger partial charge in [0.05, 0.1) is 23.2 Å². The van der Waals surface area contributed by atoms with E-state index in [-0.39, 0.29) is 11.0 Å². The Labute approximate surface area is 112 Å². The molecule has 2 heteroatoms. The lowest BCUT2D eigenvalue weighted by molar-refractivity contribution is -0.0347. The molecule has 1 saturated heterocycles. The van der Waals surface area contributed by atoms with Crippen molar-refractivity contribution in [1.29, 1.82) is 5.26 Å². The molecule has 18 heavy (non-hydrogen) atoms. The highest BCUT2D eigenvalue weighted by Crippen LogP contribution is 2.45. The van der Waals surface area contributed by atoms with Crippen molar-refractivity contribution in [3.63, 3.8) is 0 Å². The van der Waals surface area contributed by atoms with Gasteiger partial charge in [0.2, 0.25) is 0 Å². The van der Waals surface area contributed by atoms with Crippen molar-refractivity contribution in [3.05, 3.63) is 0 Å². The van der Waals surface area contributed by atoms with Crippen molar-refractivity contribution < 1.29 is 4.74 Å². The molecule has 1 saturated carbocycles. The predicted molar refractivity (Wildman–Crippen MR) is 73.1 cm³/mol. The molecule has 2 rings (SSSR count). The van der Waals surface area contributed by atoms with E-state index in [9.17, 15) is 5.26 Å². The predicted octanol–water partition coefficient (Wildman–Crippen LogP) is 4.44. The molecular weight excluding hydrogens is 222 g/mol. The van der Waals surface area contributed by atoms with Gasteiger partial charge < -0.3 is 4.74 Å². The molecule has 0 bridgehead atoms. The third kappa shape index (κ3) is 3.06. The number of rotatable bonds is 3. The van der Waals surface area contributed by atoms with Crippen LogP contribution >= 0.6 is 0 Å². The van der Waals surface area contributed by atoms with E-state index < -0.39 is 0 Å². The normalized spacial score (nSPS) is 39.4. The molecule has 102 valence electrons. The largest absolute Gasteiger partial charge is 0.372 e. The van der Waals surface area contributed by atoms with E-state index in [0.29, 0.717) is 6.10 Å². The zero-order valence-corrected chi connectivity index (χ0v) is 12.2. The fourth-order valence-corrected chi connectivity index (χ4v) is 3.66. The molecule has 2 aliphatic rings. The Morgan fingerprint density at radius 3 is 2.28 bits per heavy atom. The summed E-state index contributed by atoms with van der Waals surface area (Å²) in [5, 5.41) is 9.59. The van der Waals surface area contributed by atoms with Gasteiger partial charge in [0, 0.05) is 0 Å². The Bertz CT molecular complexity index is 320. The van der Waals surface area contributed by atoms with Crippen LogP contribution in [0.1, 0.15) is 72.1 Å². The highest BCUT2D eigenvalue weighted by Gasteiger charge is 2.41. The number of hydrogen-bond acceptors (Lipinski definition) is 2. The first-order chi connectivity index (χ1) is 8.49. The van der Waals surface area contributed by atoms with E-state index in [1.807, 2.05) is 0 Å². The van der Waals surface area contributed by atoms with E-state index in [2.05, 4.69) is 26.8 Å². The van der Waals surface area contributed by atoms with Crippen LogP contribution in [0.3, 0.4) is 0 Å². The summed E-state index contributed by atoms with van der Waals surface area (Å²) < 4.78 is 6.08. The Morgan fingerprint density at radius 1 is 1.17 bits per heavy atom. The topological polar surface area (TPSA) is 33.0 Å². The minimum atomic E-state index is -0.0866. The van der Waals surface area contributed by atoms with E-state index in [0.717, 1.165) is 38.0 Å².